The van der Waals surface area contributed by atoms with Crippen molar-refractivity contribution in [1.29, 1.82) is 0 Å². The number of carboxylic acid groups (broad SMARTS) is 1. The highest BCUT2D eigenvalue weighted by molar-refractivity contribution is 7.99. The summed E-state index contributed by atoms with van der Waals surface area (Å²) in [7, 11) is 0. The van der Waals surface area contributed by atoms with Gasteiger partial charge in [-0.15, -0.1) is 5.10 Å². The van der Waals surface area contributed by atoms with E-state index in [0.717, 1.165) is 22.6 Å². The average Bonchev–Trinajstić information content (AvgIpc) is 3.31. The first-order valence-corrected chi connectivity index (χ1v) is 12.5. The van der Waals surface area contributed by atoms with Crippen LogP contribution in [0.15, 0.2) is 83.1 Å². The molecule has 0 fully saturated rings. The molecule has 11 heteroatoms. The average molecular weight is 536 g/mol. The molecule has 0 spiro atoms. The third-order valence-corrected chi connectivity index (χ3v) is 6.26. The van der Waals surface area contributed by atoms with Crippen molar-refractivity contribution in [2.45, 2.75) is 12.1 Å². The number of halogens is 1. The second-order valence-electron chi connectivity index (χ2n) is 7.81. The van der Waals surface area contributed by atoms with Gasteiger partial charge in [0.15, 0.2) is 0 Å². The maximum atomic E-state index is 12.5. The molecular weight excluding hydrogens is 514 g/mol. The molecule has 0 aliphatic carbocycles. The van der Waals surface area contributed by atoms with Crippen LogP contribution in [0.25, 0.3) is 17.1 Å². The fourth-order valence-corrected chi connectivity index (χ4v) is 4.21. The SMILES string of the molecule is Cc1ccc(-c2[nH]nc(SCC(=O)NN=Cc3ccccc3OCC(=O)[O-])[n+]2-c2ccc(Cl)cc2)cc1. The highest BCUT2D eigenvalue weighted by Crippen LogP contribution is 2.22. The van der Waals surface area contributed by atoms with Gasteiger partial charge < -0.3 is 14.6 Å². The number of carboxylic acids is 1. The van der Waals surface area contributed by atoms with E-state index in [1.807, 2.05) is 47.9 Å². The maximum absolute atomic E-state index is 12.5. The fraction of sp³-hybridized carbons (Fsp3) is 0.115. The quantitative estimate of drug-likeness (QED) is 0.139. The van der Waals surface area contributed by atoms with E-state index in [1.165, 1.54) is 18.0 Å². The highest BCUT2D eigenvalue weighted by Gasteiger charge is 2.24. The Labute approximate surface area is 222 Å². The molecule has 0 aliphatic rings. The van der Waals surface area contributed by atoms with Crippen molar-refractivity contribution in [3.8, 4) is 22.8 Å². The number of hydrazone groups is 1. The molecule has 0 atom stereocenters. The van der Waals surface area contributed by atoms with E-state index >= 15 is 0 Å². The number of para-hydroxylation sites is 1. The van der Waals surface area contributed by atoms with Crippen molar-refractivity contribution in [2.75, 3.05) is 12.4 Å². The first-order chi connectivity index (χ1) is 17.9. The summed E-state index contributed by atoms with van der Waals surface area (Å²) < 4.78 is 7.10. The Kier molecular flexibility index (Phi) is 8.55. The topological polar surface area (TPSA) is 123 Å². The van der Waals surface area contributed by atoms with Gasteiger partial charge in [-0.05, 0) is 67.2 Å². The molecule has 0 bridgehead atoms. The van der Waals surface area contributed by atoms with Crippen LogP contribution >= 0.6 is 23.4 Å². The van der Waals surface area contributed by atoms with Crippen LogP contribution in [-0.2, 0) is 9.59 Å². The molecule has 2 N–H and O–H groups in total. The Balaban J connectivity index is 1.47. The second kappa shape index (κ2) is 12.2. The van der Waals surface area contributed by atoms with Crippen molar-refractivity contribution in [2.24, 2.45) is 5.10 Å². The summed E-state index contributed by atoms with van der Waals surface area (Å²) >= 11 is 7.32. The van der Waals surface area contributed by atoms with E-state index in [0.29, 0.717) is 21.5 Å². The molecule has 1 amide bonds. The van der Waals surface area contributed by atoms with Crippen molar-refractivity contribution >= 4 is 41.5 Å². The molecule has 188 valence electrons. The lowest BCUT2D eigenvalue weighted by atomic mass is 10.1. The number of carbonyl (C=O) groups excluding carboxylic acids is 2. The lowest BCUT2D eigenvalue weighted by Gasteiger charge is -2.08. The Morgan fingerprint density at radius 3 is 2.59 bits per heavy atom. The number of thioether (sulfide) groups is 1. The molecule has 1 aromatic heterocycles. The lowest BCUT2D eigenvalue weighted by Crippen LogP contribution is -2.34. The van der Waals surface area contributed by atoms with E-state index in [-0.39, 0.29) is 11.7 Å². The first-order valence-electron chi connectivity index (χ1n) is 11.1. The third kappa shape index (κ3) is 6.96. The summed E-state index contributed by atoms with van der Waals surface area (Å²) in [4.78, 5) is 23.1. The van der Waals surface area contributed by atoms with Crippen molar-refractivity contribution in [3.05, 3.63) is 88.9 Å². The standard InChI is InChI=1S/C26H22ClN5O4S/c1-17-6-8-18(9-7-17)25-30-31-26(32(25)21-12-10-20(27)11-13-21)37-16-23(33)29-28-14-19-4-2-3-5-22(19)36-15-24(34)35/h2-14H,15-16H2,1H3,(H2,29,33,34,35). The summed E-state index contributed by atoms with van der Waals surface area (Å²) in [6.45, 7) is 1.43. The van der Waals surface area contributed by atoms with E-state index in [9.17, 15) is 14.7 Å². The molecule has 4 rings (SSSR count). The van der Waals surface area contributed by atoms with Crippen LogP contribution in [0.2, 0.25) is 5.02 Å². The molecule has 0 saturated heterocycles. The molecule has 0 unspecified atom stereocenters. The van der Waals surface area contributed by atoms with E-state index in [1.54, 1.807) is 36.4 Å². The zero-order valence-electron chi connectivity index (χ0n) is 19.7. The Bertz CT molecular complexity index is 1420. The van der Waals surface area contributed by atoms with Gasteiger partial charge in [0.05, 0.1) is 28.6 Å². The number of rotatable bonds is 10. The molecule has 9 nitrogen and oxygen atoms in total. The maximum Gasteiger partial charge on any atom is 0.342 e. The molecule has 1 heterocycles. The molecule has 0 saturated carbocycles. The minimum absolute atomic E-state index is 0.0476. The smallest absolute Gasteiger partial charge is 0.342 e. The second-order valence-corrected chi connectivity index (χ2v) is 9.19. The Hall–Kier alpha value is -4.15. The molecule has 4 aromatic rings. The Morgan fingerprint density at radius 2 is 1.86 bits per heavy atom. The minimum Gasteiger partial charge on any atom is -0.546 e. The highest BCUT2D eigenvalue weighted by atomic mass is 35.5. The number of hydrogen-bond acceptors (Lipinski definition) is 7. The van der Waals surface area contributed by atoms with Crippen LogP contribution in [0.5, 0.6) is 5.75 Å². The van der Waals surface area contributed by atoms with Gasteiger partial charge in [-0.1, -0.05) is 41.4 Å². The fourth-order valence-electron chi connectivity index (χ4n) is 3.32. The summed E-state index contributed by atoms with van der Waals surface area (Å²) in [5.41, 5.74) is 5.89. The predicted molar refractivity (Wildman–Crippen MR) is 139 cm³/mol. The minimum atomic E-state index is -1.34. The number of carbonyl (C=O) groups is 2. The van der Waals surface area contributed by atoms with E-state index in [4.69, 9.17) is 16.3 Å². The van der Waals surface area contributed by atoms with E-state index in [2.05, 4.69) is 20.7 Å². The van der Waals surface area contributed by atoms with Crippen molar-refractivity contribution in [3.63, 3.8) is 0 Å². The number of benzene rings is 3. The number of H-pyrrole nitrogens is 1. The summed E-state index contributed by atoms with van der Waals surface area (Å²) in [5, 5.41) is 23.3. The zero-order chi connectivity index (χ0) is 26.2. The van der Waals surface area contributed by atoms with Crippen molar-refractivity contribution < 1.29 is 24.0 Å². The number of nitrogens with one attached hydrogen (secondary N) is 2. The van der Waals surface area contributed by atoms with Crippen LogP contribution in [-0.4, -0.2) is 40.6 Å². The van der Waals surface area contributed by atoms with Gasteiger partial charge in [-0.25, -0.2) is 5.43 Å². The predicted octanol–water partition coefficient (Wildman–Crippen LogP) is 2.69. The number of aromatic amines is 1. The van der Waals surface area contributed by atoms with Crippen molar-refractivity contribution in [1.82, 2.24) is 15.6 Å². The molecular formula is C26H22ClN5O4S. The third-order valence-electron chi connectivity index (χ3n) is 5.07. The van der Waals surface area contributed by atoms with Gasteiger partial charge in [0.25, 0.3) is 11.7 Å². The van der Waals surface area contributed by atoms with Gasteiger partial charge >= 0.3 is 5.16 Å². The Morgan fingerprint density at radius 1 is 1.14 bits per heavy atom. The monoisotopic (exact) mass is 535 g/mol. The number of aliphatic carboxylic acids is 1. The molecule has 3 aromatic carbocycles. The normalized spacial score (nSPS) is 11.0. The molecule has 0 radical (unpaired) electrons. The van der Waals surface area contributed by atoms with E-state index < -0.39 is 12.6 Å². The number of amides is 1. The summed E-state index contributed by atoms with van der Waals surface area (Å²) in [6, 6.07) is 22.1. The van der Waals surface area contributed by atoms with Gasteiger partial charge in [-0.3, -0.25) is 4.79 Å². The number of nitrogens with zero attached hydrogens (tertiary/aromatic N) is 3. The van der Waals surface area contributed by atoms with Gasteiger partial charge in [0, 0.05) is 10.6 Å². The van der Waals surface area contributed by atoms with Gasteiger partial charge in [0.1, 0.15) is 18.0 Å². The lowest BCUT2D eigenvalue weighted by molar-refractivity contribution is -0.625. The van der Waals surface area contributed by atoms with Crippen LogP contribution in [0, 0.1) is 6.92 Å². The summed E-state index contributed by atoms with van der Waals surface area (Å²) in [6.07, 6.45) is 1.38. The number of aromatic nitrogens is 3. The first kappa shape index (κ1) is 25.9. The number of ether oxygens (including phenoxy) is 1. The van der Waals surface area contributed by atoms with Gasteiger partial charge in [0.2, 0.25) is 0 Å². The van der Waals surface area contributed by atoms with Crippen LogP contribution in [0.4, 0.5) is 0 Å². The van der Waals surface area contributed by atoms with Crippen LogP contribution < -0.4 is 19.8 Å². The largest absolute Gasteiger partial charge is 0.546 e. The molecule has 0 aliphatic heterocycles. The summed E-state index contributed by atoms with van der Waals surface area (Å²) in [5.74, 6) is -0.570. The van der Waals surface area contributed by atoms with Crippen LogP contribution in [0.1, 0.15) is 11.1 Å². The van der Waals surface area contributed by atoms with Crippen LogP contribution in [0.3, 0.4) is 0 Å². The zero-order valence-corrected chi connectivity index (χ0v) is 21.3. The number of hydrogen-bond donors (Lipinski definition) is 2. The number of aryl methyl sites for hydroxylation is 1. The molecule has 37 heavy (non-hydrogen) atoms. The van der Waals surface area contributed by atoms with Gasteiger partial charge in [-0.2, -0.15) is 9.67 Å².